The number of hydrogen-bond donors (Lipinski definition) is 0. The van der Waals surface area contributed by atoms with Crippen LogP contribution in [0.2, 0.25) is 0 Å². The average Bonchev–Trinajstić information content (AvgIpc) is 3.05. The number of carbonyl (C=O) groups excluding carboxylic acids is 2. The molecule has 0 atom stereocenters. The second-order valence-corrected chi connectivity index (χ2v) is 5.76. The minimum atomic E-state index is -0.611. The van der Waals surface area contributed by atoms with Gasteiger partial charge in [-0.15, -0.1) is 0 Å². The Morgan fingerprint density at radius 2 is 1.83 bits per heavy atom. The third kappa shape index (κ3) is 2.93. The zero-order valence-electron chi connectivity index (χ0n) is 13.8. The first-order valence-corrected chi connectivity index (χ1v) is 7.63. The minimum absolute atomic E-state index is 0.295. The lowest BCUT2D eigenvalue weighted by Crippen LogP contribution is -1.97. The lowest BCUT2D eigenvalue weighted by Gasteiger charge is -1.97. The summed E-state index contributed by atoms with van der Waals surface area (Å²) < 4.78 is 10.4. The van der Waals surface area contributed by atoms with Gasteiger partial charge in [0.05, 0.1) is 16.8 Å². The SMILES string of the molecule is CC(C)=C1C(=O)OC(=O)/C1=C/Cc1nc(-c2ccccc2)oc1C. The van der Waals surface area contributed by atoms with Gasteiger partial charge in [0, 0.05) is 12.0 Å². The number of benzene rings is 1. The van der Waals surface area contributed by atoms with Gasteiger partial charge in [0.15, 0.2) is 0 Å². The minimum Gasteiger partial charge on any atom is -0.441 e. The molecule has 1 saturated heterocycles. The molecule has 0 aliphatic carbocycles. The fourth-order valence-electron chi connectivity index (χ4n) is 2.58. The van der Waals surface area contributed by atoms with E-state index in [-0.39, 0.29) is 0 Å². The van der Waals surface area contributed by atoms with Gasteiger partial charge in [-0.1, -0.05) is 29.8 Å². The Labute approximate surface area is 139 Å². The maximum Gasteiger partial charge on any atom is 0.346 e. The number of allylic oxidation sites excluding steroid dienone is 2. The van der Waals surface area contributed by atoms with Crippen LogP contribution in [-0.2, 0) is 20.7 Å². The molecule has 5 nitrogen and oxygen atoms in total. The number of cyclic esters (lactones) is 2. The molecule has 1 aromatic heterocycles. The molecule has 0 spiro atoms. The van der Waals surface area contributed by atoms with Crippen molar-refractivity contribution < 1.29 is 18.7 Å². The topological polar surface area (TPSA) is 69.4 Å². The number of rotatable bonds is 3. The summed E-state index contributed by atoms with van der Waals surface area (Å²) in [6, 6.07) is 9.59. The zero-order chi connectivity index (χ0) is 17.3. The number of ether oxygens (including phenoxy) is 1. The molecule has 2 heterocycles. The average molecular weight is 323 g/mol. The summed E-state index contributed by atoms with van der Waals surface area (Å²) in [5.74, 6) is 0.0184. The number of nitrogens with zero attached hydrogens (tertiary/aromatic N) is 1. The van der Waals surface area contributed by atoms with Gasteiger partial charge in [-0.2, -0.15) is 0 Å². The number of oxazole rings is 1. The number of carbonyl (C=O) groups is 2. The molecule has 122 valence electrons. The Morgan fingerprint density at radius 1 is 1.12 bits per heavy atom. The van der Waals surface area contributed by atoms with Gasteiger partial charge in [-0.3, -0.25) is 0 Å². The standard InChI is InChI=1S/C19H17NO4/c1-11(2)16-14(18(21)24-19(16)22)9-10-15-12(3)23-17(20-15)13-7-5-4-6-8-13/h4-9H,10H2,1-3H3/b14-9+. The molecular weight excluding hydrogens is 306 g/mol. The fourth-order valence-corrected chi connectivity index (χ4v) is 2.58. The molecule has 0 unspecified atom stereocenters. The van der Waals surface area contributed by atoms with Crippen molar-refractivity contribution in [2.75, 3.05) is 0 Å². The first kappa shape index (κ1) is 15.9. The largest absolute Gasteiger partial charge is 0.441 e. The predicted molar refractivity (Wildman–Crippen MR) is 87.9 cm³/mol. The van der Waals surface area contributed by atoms with Crippen LogP contribution in [0.25, 0.3) is 11.5 Å². The number of esters is 2. The molecule has 0 amide bonds. The lowest BCUT2D eigenvalue weighted by molar-refractivity contribution is -0.149. The molecule has 24 heavy (non-hydrogen) atoms. The molecule has 1 aromatic carbocycles. The molecule has 0 N–H and O–H groups in total. The van der Waals surface area contributed by atoms with Gasteiger partial charge in [-0.05, 0) is 32.9 Å². The maximum absolute atomic E-state index is 11.8. The molecule has 0 bridgehead atoms. The van der Waals surface area contributed by atoms with E-state index in [4.69, 9.17) is 9.15 Å². The van der Waals surface area contributed by atoms with Gasteiger partial charge in [0.2, 0.25) is 5.89 Å². The van der Waals surface area contributed by atoms with Gasteiger partial charge < -0.3 is 9.15 Å². The van der Waals surface area contributed by atoms with Crippen molar-refractivity contribution in [3.05, 3.63) is 64.6 Å². The molecule has 3 rings (SSSR count). The van der Waals surface area contributed by atoms with E-state index in [1.165, 1.54) is 0 Å². The molecule has 0 saturated carbocycles. The van der Waals surface area contributed by atoms with Crippen LogP contribution in [0.4, 0.5) is 0 Å². The molecule has 2 aromatic rings. The van der Waals surface area contributed by atoms with Crippen LogP contribution >= 0.6 is 0 Å². The third-order valence-electron chi connectivity index (χ3n) is 3.79. The number of aryl methyl sites for hydroxylation is 1. The van der Waals surface area contributed by atoms with Crippen molar-refractivity contribution in [3.8, 4) is 11.5 Å². The second kappa shape index (κ2) is 6.28. The summed E-state index contributed by atoms with van der Waals surface area (Å²) in [5, 5.41) is 0. The highest BCUT2D eigenvalue weighted by Crippen LogP contribution is 2.27. The number of hydrogen-bond acceptors (Lipinski definition) is 5. The van der Waals surface area contributed by atoms with Crippen molar-refractivity contribution in [2.45, 2.75) is 27.2 Å². The van der Waals surface area contributed by atoms with E-state index in [2.05, 4.69) is 4.98 Å². The van der Waals surface area contributed by atoms with Crippen molar-refractivity contribution >= 4 is 11.9 Å². The van der Waals surface area contributed by atoms with Crippen molar-refractivity contribution in [3.63, 3.8) is 0 Å². The summed E-state index contributed by atoms with van der Waals surface area (Å²) in [6.45, 7) is 5.38. The number of aromatic nitrogens is 1. The van der Waals surface area contributed by atoms with Gasteiger partial charge in [-0.25, -0.2) is 14.6 Å². The summed E-state index contributed by atoms with van der Waals surface area (Å²) in [5.41, 5.74) is 2.99. The Kier molecular flexibility index (Phi) is 4.16. The summed E-state index contributed by atoms with van der Waals surface area (Å²) in [7, 11) is 0. The maximum atomic E-state index is 11.8. The molecule has 1 fully saturated rings. The van der Waals surface area contributed by atoms with Gasteiger partial charge >= 0.3 is 11.9 Å². The summed E-state index contributed by atoms with van der Waals surface area (Å²) in [6.07, 6.45) is 2.06. The third-order valence-corrected chi connectivity index (χ3v) is 3.79. The van der Waals surface area contributed by atoms with E-state index in [1.54, 1.807) is 19.9 Å². The summed E-state index contributed by atoms with van der Waals surface area (Å²) in [4.78, 5) is 28.1. The molecule has 0 radical (unpaired) electrons. The fraction of sp³-hybridized carbons (Fsp3) is 0.211. The van der Waals surface area contributed by atoms with E-state index in [9.17, 15) is 9.59 Å². The molecule has 5 heteroatoms. The lowest BCUT2D eigenvalue weighted by atomic mass is 10.0. The van der Waals surface area contributed by atoms with Crippen LogP contribution in [-0.4, -0.2) is 16.9 Å². The molecule has 1 aliphatic heterocycles. The highest BCUT2D eigenvalue weighted by Gasteiger charge is 2.34. The van der Waals surface area contributed by atoms with Crippen molar-refractivity contribution in [1.82, 2.24) is 4.98 Å². The Hall–Kier alpha value is -2.95. The smallest absolute Gasteiger partial charge is 0.346 e. The van der Waals surface area contributed by atoms with Crippen LogP contribution in [0, 0.1) is 6.92 Å². The van der Waals surface area contributed by atoms with Crippen LogP contribution < -0.4 is 0 Å². The Morgan fingerprint density at radius 3 is 2.50 bits per heavy atom. The van der Waals surface area contributed by atoms with Crippen LogP contribution in [0.3, 0.4) is 0 Å². The first-order chi connectivity index (χ1) is 11.5. The van der Waals surface area contributed by atoms with Crippen molar-refractivity contribution in [1.29, 1.82) is 0 Å². The predicted octanol–water partition coefficient (Wildman–Crippen LogP) is 3.54. The highest BCUT2D eigenvalue weighted by atomic mass is 16.6. The quantitative estimate of drug-likeness (QED) is 0.491. The van der Waals surface area contributed by atoms with Crippen molar-refractivity contribution in [2.24, 2.45) is 0 Å². The van der Waals surface area contributed by atoms with Gasteiger partial charge in [0.25, 0.3) is 0 Å². The Bertz CT molecular complexity index is 868. The monoisotopic (exact) mass is 323 g/mol. The van der Waals surface area contributed by atoms with Crippen LogP contribution in [0.15, 0.2) is 57.5 Å². The molecule has 1 aliphatic rings. The van der Waals surface area contributed by atoms with Crippen LogP contribution in [0.5, 0.6) is 0 Å². The van der Waals surface area contributed by atoms with E-state index in [1.807, 2.05) is 37.3 Å². The van der Waals surface area contributed by atoms with E-state index in [0.717, 1.165) is 16.8 Å². The van der Waals surface area contributed by atoms with Crippen LogP contribution in [0.1, 0.15) is 25.3 Å². The van der Waals surface area contributed by atoms with E-state index < -0.39 is 11.9 Å². The molecular formula is C19H17NO4. The normalized spacial score (nSPS) is 16.0. The second-order valence-electron chi connectivity index (χ2n) is 5.76. The zero-order valence-corrected chi connectivity index (χ0v) is 13.8. The van der Waals surface area contributed by atoms with Gasteiger partial charge in [0.1, 0.15) is 5.76 Å². The summed E-state index contributed by atoms with van der Waals surface area (Å²) >= 11 is 0. The van der Waals surface area contributed by atoms with E-state index in [0.29, 0.717) is 29.2 Å². The van der Waals surface area contributed by atoms with E-state index >= 15 is 0 Å². The first-order valence-electron chi connectivity index (χ1n) is 7.63. The highest BCUT2D eigenvalue weighted by molar-refractivity contribution is 6.18. The Balaban J connectivity index is 1.90.